The van der Waals surface area contributed by atoms with Crippen LogP contribution in [0.3, 0.4) is 0 Å². The quantitative estimate of drug-likeness (QED) is 0.790. The highest BCUT2D eigenvalue weighted by Crippen LogP contribution is 2.18. The first-order valence-corrected chi connectivity index (χ1v) is 6.40. The van der Waals surface area contributed by atoms with Crippen molar-refractivity contribution in [3.05, 3.63) is 24.0 Å². The molecule has 0 aromatic carbocycles. The molecule has 0 aliphatic carbocycles. The second kappa shape index (κ2) is 6.22. The molecule has 0 amide bonds. The number of aryl methyl sites for hydroxylation is 1. The van der Waals surface area contributed by atoms with Crippen molar-refractivity contribution in [3.63, 3.8) is 0 Å². The molecule has 0 saturated carbocycles. The fourth-order valence-corrected chi connectivity index (χ4v) is 1.91. The lowest BCUT2D eigenvalue weighted by Crippen LogP contribution is -2.24. The van der Waals surface area contributed by atoms with Crippen LogP contribution in [0.5, 0.6) is 0 Å². The molecule has 1 N–H and O–H groups in total. The predicted octanol–water partition coefficient (Wildman–Crippen LogP) is 2.97. The van der Waals surface area contributed by atoms with Gasteiger partial charge in [0.2, 0.25) is 0 Å². The number of hydrogen-bond donors (Lipinski definition) is 1. The van der Waals surface area contributed by atoms with Crippen LogP contribution in [0.2, 0.25) is 0 Å². The highest BCUT2D eigenvalue weighted by atomic mass is 16.5. The van der Waals surface area contributed by atoms with Crippen molar-refractivity contribution < 1.29 is 4.74 Å². The lowest BCUT2D eigenvalue weighted by Gasteiger charge is -2.22. The minimum atomic E-state index is -0.0441. The Labute approximate surface area is 105 Å². The molecule has 0 aliphatic rings. The van der Waals surface area contributed by atoms with Crippen LogP contribution in [0, 0.1) is 0 Å². The summed E-state index contributed by atoms with van der Waals surface area (Å²) in [6, 6.07) is 2.66. The van der Waals surface area contributed by atoms with Gasteiger partial charge in [-0.3, -0.25) is 0 Å². The maximum atomic E-state index is 5.43. The van der Waals surface area contributed by atoms with E-state index >= 15 is 0 Å². The Bertz CT molecular complexity index is 327. The van der Waals surface area contributed by atoms with Gasteiger partial charge in [-0.15, -0.1) is 0 Å². The molecule has 1 rings (SSSR count). The minimum Gasteiger partial charge on any atom is -0.379 e. The van der Waals surface area contributed by atoms with Gasteiger partial charge in [0.25, 0.3) is 0 Å². The summed E-state index contributed by atoms with van der Waals surface area (Å²) in [6.07, 6.45) is 6.52. The third-order valence-corrected chi connectivity index (χ3v) is 3.46. The molecule has 1 atom stereocenters. The first-order valence-electron chi connectivity index (χ1n) is 6.40. The van der Waals surface area contributed by atoms with E-state index in [4.69, 9.17) is 4.74 Å². The Balaban J connectivity index is 2.57. The van der Waals surface area contributed by atoms with Crippen molar-refractivity contribution >= 4 is 0 Å². The van der Waals surface area contributed by atoms with E-state index in [0.29, 0.717) is 6.04 Å². The number of nitrogens with one attached hydrogen (secondary N) is 1. The van der Waals surface area contributed by atoms with E-state index in [1.54, 1.807) is 7.11 Å². The second-order valence-electron chi connectivity index (χ2n) is 5.15. The topological polar surface area (TPSA) is 26.2 Å². The molecule has 1 aromatic heterocycles. The molecule has 17 heavy (non-hydrogen) atoms. The van der Waals surface area contributed by atoms with Gasteiger partial charge in [-0.05, 0) is 45.4 Å². The van der Waals surface area contributed by atoms with Crippen LogP contribution < -0.4 is 5.32 Å². The lowest BCUT2D eigenvalue weighted by atomic mass is 10.1. The van der Waals surface area contributed by atoms with Gasteiger partial charge in [-0.25, -0.2) is 0 Å². The molecule has 0 radical (unpaired) electrons. The first kappa shape index (κ1) is 14.3. The Kier molecular flexibility index (Phi) is 5.22. The zero-order valence-electron chi connectivity index (χ0n) is 11.8. The fourth-order valence-electron chi connectivity index (χ4n) is 1.91. The molecule has 1 heterocycles. The Morgan fingerprint density at radius 1 is 1.47 bits per heavy atom. The Morgan fingerprint density at radius 2 is 2.18 bits per heavy atom. The van der Waals surface area contributed by atoms with Crippen LogP contribution >= 0.6 is 0 Å². The van der Waals surface area contributed by atoms with Gasteiger partial charge in [-0.1, -0.05) is 6.92 Å². The van der Waals surface area contributed by atoms with E-state index < -0.39 is 0 Å². The van der Waals surface area contributed by atoms with Gasteiger partial charge < -0.3 is 14.6 Å². The zero-order valence-corrected chi connectivity index (χ0v) is 11.8. The third kappa shape index (κ3) is 4.17. The Morgan fingerprint density at radius 3 is 2.71 bits per heavy atom. The Hall–Kier alpha value is -0.800. The number of aromatic nitrogens is 1. The lowest BCUT2D eigenvalue weighted by molar-refractivity contribution is 0.0120. The van der Waals surface area contributed by atoms with Crippen molar-refractivity contribution in [3.8, 4) is 0 Å². The van der Waals surface area contributed by atoms with E-state index in [9.17, 15) is 0 Å². The first-order chi connectivity index (χ1) is 8.02. The van der Waals surface area contributed by atoms with Gasteiger partial charge in [0.15, 0.2) is 0 Å². The highest BCUT2D eigenvalue weighted by molar-refractivity contribution is 5.15. The van der Waals surface area contributed by atoms with E-state index in [1.165, 1.54) is 5.56 Å². The van der Waals surface area contributed by atoms with Gasteiger partial charge >= 0.3 is 0 Å². The molecule has 98 valence electrons. The average molecular weight is 238 g/mol. The maximum absolute atomic E-state index is 5.43. The molecule has 0 saturated heterocycles. The molecule has 1 aromatic rings. The summed E-state index contributed by atoms with van der Waals surface area (Å²) in [7, 11) is 3.79. The smallest absolute Gasteiger partial charge is 0.0639 e. The van der Waals surface area contributed by atoms with Crippen molar-refractivity contribution in [1.82, 2.24) is 9.88 Å². The van der Waals surface area contributed by atoms with Crippen LogP contribution in [0.25, 0.3) is 0 Å². The molecule has 0 aliphatic heterocycles. The molecule has 0 spiro atoms. The average Bonchev–Trinajstić information content (AvgIpc) is 2.77. The van der Waals surface area contributed by atoms with Crippen LogP contribution in [-0.2, 0) is 11.3 Å². The van der Waals surface area contributed by atoms with Crippen molar-refractivity contribution in [2.75, 3.05) is 14.2 Å². The normalized spacial score (nSPS) is 13.9. The summed E-state index contributed by atoms with van der Waals surface area (Å²) in [5.41, 5.74) is 1.32. The number of rotatable bonds is 7. The van der Waals surface area contributed by atoms with E-state index in [2.05, 4.69) is 49.1 Å². The molecule has 1 unspecified atom stereocenters. The highest BCUT2D eigenvalue weighted by Gasteiger charge is 2.16. The molecule has 3 heteroatoms. The van der Waals surface area contributed by atoms with Crippen molar-refractivity contribution in [2.45, 2.75) is 51.8 Å². The van der Waals surface area contributed by atoms with E-state index in [0.717, 1.165) is 19.4 Å². The summed E-state index contributed by atoms with van der Waals surface area (Å²) in [4.78, 5) is 0. The van der Waals surface area contributed by atoms with Crippen molar-refractivity contribution in [2.24, 2.45) is 0 Å². The number of hydrogen-bond acceptors (Lipinski definition) is 2. The summed E-state index contributed by atoms with van der Waals surface area (Å²) >= 11 is 0. The fraction of sp³-hybridized carbons (Fsp3) is 0.714. The van der Waals surface area contributed by atoms with E-state index in [-0.39, 0.29) is 5.60 Å². The molecular formula is C14H26N2O. The zero-order chi connectivity index (χ0) is 12.9. The molecule has 0 bridgehead atoms. The molecule has 0 fully saturated rings. The molecular weight excluding hydrogens is 212 g/mol. The van der Waals surface area contributed by atoms with Gasteiger partial charge in [0.05, 0.1) is 5.60 Å². The molecule has 3 nitrogen and oxygen atoms in total. The summed E-state index contributed by atoms with van der Waals surface area (Å²) in [6.45, 7) is 7.45. The minimum absolute atomic E-state index is 0.0441. The summed E-state index contributed by atoms with van der Waals surface area (Å²) in [5, 5.41) is 3.33. The van der Waals surface area contributed by atoms with Crippen molar-refractivity contribution in [1.29, 1.82) is 0 Å². The maximum Gasteiger partial charge on any atom is 0.0639 e. The van der Waals surface area contributed by atoms with E-state index in [1.807, 2.05) is 7.05 Å². The van der Waals surface area contributed by atoms with Gasteiger partial charge in [0.1, 0.15) is 0 Å². The number of methoxy groups -OCH3 is 1. The second-order valence-corrected chi connectivity index (χ2v) is 5.15. The summed E-state index contributed by atoms with van der Waals surface area (Å²) in [5.74, 6) is 0. The van der Waals surface area contributed by atoms with Gasteiger partial charge in [-0.2, -0.15) is 0 Å². The third-order valence-electron chi connectivity index (χ3n) is 3.46. The predicted molar refractivity (Wildman–Crippen MR) is 72.2 cm³/mol. The van der Waals surface area contributed by atoms with Gasteiger partial charge in [0, 0.05) is 32.1 Å². The number of ether oxygens (including phenoxy) is 1. The SMILES string of the molecule is CCC(NC)c1ccn(CCC(C)(C)OC)c1. The monoisotopic (exact) mass is 238 g/mol. The number of nitrogens with zero attached hydrogens (tertiary/aromatic N) is 1. The van der Waals surface area contributed by atoms with Crippen LogP contribution in [0.1, 0.15) is 45.2 Å². The van der Waals surface area contributed by atoms with Crippen LogP contribution in [0.15, 0.2) is 18.5 Å². The largest absolute Gasteiger partial charge is 0.379 e. The standard InChI is InChI=1S/C14H26N2O/c1-6-13(15-4)12-7-9-16(11-12)10-8-14(2,3)17-5/h7,9,11,13,15H,6,8,10H2,1-5H3. The van der Waals surface area contributed by atoms with Crippen LogP contribution in [0.4, 0.5) is 0 Å². The van der Waals surface area contributed by atoms with Crippen LogP contribution in [-0.4, -0.2) is 24.3 Å². The summed E-state index contributed by atoms with van der Waals surface area (Å²) < 4.78 is 7.68.